The van der Waals surface area contributed by atoms with Crippen LogP contribution < -0.4 is 0 Å². The molecule has 6 nitrogen and oxygen atoms in total. The predicted molar refractivity (Wildman–Crippen MR) is 124 cm³/mol. The number of aliphatic hydroxyl groups excluding tert-OH is 1. The predicted octanol–water partition coefficient (Wildman–Crippen LogP) is 3.30. The maximum absolute atomic E-state index is 12.8. The van der Waals surface area contributed by atoms with Gasteiger partial charge in [-0.3, -0.25) is 14.5 Å². The highest BCUT2D eigenvalue weighted by atomic mass is 35.5. The van der Waals surface area contributed by atoms with Gasteiger partial charge in [-0.15, -0.1) is 0 Å². The summed E-state index contributed by atoms with van der Waals surface area (Å²) in [6, 6.07) is 5.00. The first kappa shape index (κ1) is 24.1. The number of rotatable bonds is 8. The Bertz CT molecular complexity index is 817. The molecule has 8 heteroatoms. The number of amides is 2. The molecule has 2 atom stereocenters. The van der Waals surface area contributed by atoms with Crippen molar-refractivity contribution in [3.8, 4) is 0 Å². The zero-order valence-corrected chi connectivity index (χ0v) is 19.5. The van der Waals surface area contributed by atoms with Gasteiger partial charge in [-0.25, -0.2) is 0 Å². The van der Waals surface area contributed by atoms with Gasteiger partial charge in [-0.1, -0.05) is 29.3 Å². The molecule has 1 unspecified atom stereocenters. The van der Waals surface area contributed by atoms with Crippen molar-refractivity contribution >= 4 is 41.1 Å². The lowest BCUT2D eigenvalue weighted by atomic mass is 10.1. The molecule has 2 aliphatic rings. The van der Waals surface area contributed by atoms with Crippen molar-refractivity contribution in [3.05, 3.63) is 39.9 Å². The number of unbranched alkanes of at least 4 members (excludes halogenated alkanes) is 1. The van der Waals surface area contributed by atoms with E-state index in [1.165, 1.54) is 6.08 Å². The molecule has 1 aromatic carbocycles. The van der Waals surface area contributed by atoms with Crippen LogP contribution >= 0.6 is 23.2 Å². The van der Waals surface area contributed by atoms with Crippen LogP contribution in [0.2, 0.25) is 10.0 Å². The zero-order chi connectivity index (χ0) is 22.4. The van der Waals surface area contributed by atoms with Crippen molar-refractivity contribution in [2.75, 3.05) is 39.3 Å². The Morgan fingerprint density at radius 2 is 1.94 bits per heavy atom. The van der Waals surface area contributed by atoms with E-state index in [2.05, 4.69) is 4.90 Å². The second-order valence-corrected chi connectivity index (χ2v) is 9.08. The number of piperazine rings is 1. The van der Waals surface area contributed by atoms with Crippen molar-refractivity contribution in [2.45, 2.75) is 44.7 Å². The molecule has 3 rings (SSSR count). The fraction of sp³-hybridized carbons (Fsp3) is 0.565. The Labute approximate surface area is 194 Å². The molecule has 2 fully saturated rings. The first-order chi connectivity index (χ1) is 14.9. The number of benzene rings is 1. The Hall–Kier alpha value is -1.60. The van der Waals surface area contributed by atoms with Gasteiger partial charge in [-0.2, -0.15) is 0 Å². The van der Waals surface area contributed by atoms with Crippen LogP contribution in [0.1, 0.15) is 38.2 Å². The Balaban J connectivity index is 1.45. The summed E-state index contributed by atoms with van der Waals surface area (Å²) >= 11 is 11.9. The second-order valence-electron chi connectivity index (χ2n) is 8.26. The quantitative estimate of drug-likeness (QED) is 0.470. The van der Waals surface area contributed by atoms with E-state index in [0.717, 1.165) is 44.3 Å². The molecule has 2 amide bonds. The van der Waals surface area contributed by atoms with Crippen LogP contribution in [0.5, 0.6) is 0 Å². The molecule has 0 radical (unpaired) electrons. The van der Waals surface area contributed by atoms with E-state index in [9.17, 15) is 14.7 Å². The Morgan fingerprint density at radius 1 is 1.16 bits per heavy atom. The van der Waals surface area contributed by atoms with Gasteiger partial charge in [0.05, 0.1) is 16.7 Å². The Morgan fingerprint density at radius 3 is 2.68 bits per heavy atom. The van der Waals surface area contributed by atoms with Gasteiger partial charge in [-0.05, 0) is 69.5 Å². The van der Waals surface area contributed by atoms with Gasteiger partial charge in [0.1, 0.15) is 6.04 Å². The summed E-state index contributed by atoms with van der Waals surface area (Å²) in [6.07, 6.45) is 7.32. The van der Waals surface area contributed by atoms with Crippen molar-refractivity contribution in [1.29, 1.82) is 0 Å². The first-order valence-electron chi connectivity index (χ1n) is 11.0. The van der Waals surface area contributed by atoms with Crippen LogP contribution in [-0.4, -0.2) is 83.0 Å². The summed E-state index contributed by atoms with van der Waals surface area (Å²) in [5.41, 5.74) is 0.779. The third-order valence-electron chi connectivity index (χ3n) is 6.23. The van der Waals surface area contributed by atoms with E-state index in [1.807, 2.05) is 4.90 Å². The lowest BCUT2D eigenvalue weighted by Crippen LogP contribution is -2.57. The topological polar surface area (TPSA) is 64.1 Å². The van der Waals surface area contributed by atoms with E-state index in [0.29, 0.717) is 35.7 Å². The zero-order valence-electron chi connectivity index (χ0n) is 18.0. The van der Waals surface area contributed by atoms with Crippen LogP contribution in [-0.2, 0) is 9.59 Å². The largest absolute Gasteiger partial charge is 0.395 e. The molecule has 31 heavy (non-hydrogen) atoms. The SMILES string of the molecule is CC1C(=O)N(CCCCN2CCC[C@H]2CO)CCN1C(=O)/C=C/c1ccc(Cl)c(Cl)c1. The maximum Gasteiger partial charge on any atom is 0.247 e. The third-order valence-corrected chi connectivity index (χ3v) is 6.96. The molecule has 1 aromatic rings. The number of hydrogen-bond acceptors (Lipinski definition) is 4. The Kier molecular flexibility index (Phi) is 8.78. The van der Waals surface area contributed by atoms with Gasteiger partial charge in [0.25, 0.3) is 0 Å². The third kappa shape index (κ3) is 6.22. The summed E-state index contributed by atoms with van der Waals surface area (Å²) < 4.78 is 0. The molecule has 0 bridgehead atoms. The van der Waals surface area contributed by atoms with Gasteiger partial charge in [0.15, 0.2) is 0 Å². The van der Waals surface area contributed by atoms with Crippen LogP contribution in [0.3, 0.4) is 0 Å². The fourth-order valence-corrected chi connectivity index (χ4v) is 4.65. The molecule has 2 aliphatic heterocycles. The summed E-state index contributed by atoms with van der Waals surface area (Å²) in [5, 5.41) is 10.3. The minimum atomic E-state index is -0.475. The molecule has 2 heterocycles. The van der Waals surface area contributed by atoms with Gasteiger partial charge in [0, 0.05) is 31.8 Å². The van der Waals surface area contributed by atoms with E-state index >= 15 is 0 Å². The molecular formula is C23H31Cl2N3O3. The number of halogens is 2. The van der Waals surface area contributed by atoms with Crippen LogP contribution in [0.15, 0.2) is 24.3 Å². The number of carbonyl (C=O) groups excluding carboxylic acids is 2. The lowest BCUT2D eigenvalue weighted by molar-refractivity contribution is -0.148. The fourth-order valence-electron chi connectivity index (χ4n) is 4.35. The monoisotopic (exact) mass is 467 g/mol. The summed E-state index contributed by atoms with van der Waals surface area (Å²) in [5.74, 6) is -0.187. The highest BCUT2D eigenvalue weighted by Gasteiger charge is 2.33. The van der Waals surface area contributed by atoms with E-state index < -0.39 is 6.04 Å². The number of likely N-dealkylation sites (tertiary alicyclic amines) is 1. The van der Waals surface area contributed by atoms with Crippen molar-refractivity contribution in [3.63, 3.8) is 0 Å². The normalized spacial score (nSPS) is 22.6. The molecule has 2 saturated heterocycles. The van der Waals surface area contributed by atoms with E-state index in [1.54, 1.807) is 36.1 Å². The summed E-state index contributed by atoms with van der Waals surface area (Å²) in [4.78, 5) is 31.2. The molecular weight excluding hydrogens is 437 g/mol. The number of carbonyl (C=O) groups is 2. The number of aliphatic hydroxyl groups is 1. The highest BCUT2D eigenvalue weighted by molar-refractivity contribution is 6.42. The van der Waals surface area contributed by atoms with Crippen LogP contribution in [0.4, 0.5) is 0 Å². The minimum absolute atomic E-state index is 0.00283. The average Bonchev–Trinajstić information content (AvgIpc) is 3.22. The first-order valence-corrected chi connectivity index (χ1v) is 11.7. The van der Waals surface area contributed by atoms with E-state index in [4.69, 9.17) is 23.2 Å². The molecule has 1 N–H and O–H groups in total. The maximum atomic E-state index is 12.8. The van der Waals surface area contributed by atoms with Crippen LogP contribution in [0, 0.1) is 0 Å². The van der Waals surface area contributed by atoms with Gasteiger partial charge >= 0.3 is 0 Å². The summed E-state index contributed by atoms with van der Waals surface area (Å²) in [7, 11) is 0. The van der Waals surface area contributed by atoms with Gasteiger partial charge in [0.2, 0.25) is 11.8 Å². The molecule has 0 aliphatic carbocycles. The smallest absolute Gasteiger partial charge is 0.247 e. The number of hydrogen-bond donors (Lipinski definition) is 1. The van der Waals surface area contributed by atoms with E-state index in [-0.39, 0.29) is 18.4 Å². The standard InChI is InChI=1S/C23H31Cl2N3O3/c1-17-23(31)27(11-3-2-10-26-12-4-5-19(26)16-29)13-14-28(17)22(30)9-7-18-6-8-20(24)21(25)15-18/h6-9,15,17,19,29H,2-5,10-14,16H2,1H3/b9-7+/t17?,19-/m0/s1. The second kappa shape index (κ2) is 11.3. The molecule has 0 aromatic heterocycles. The summed E-state index contributed by atoms with van der Waals surface area (Å²) in [6.45, 7) is 5.82. The average molecular weight is 468 g/mol. The number of nitrogens with zero attached hydrogens (tertiary/aromatic N) is 3. The molecule has 0 spiro atoms. The minimum Gasteiger partial charge on any atom is -0.395 e. The molecule has 0 saturated carbocycles. The van der Waals surface area contributed by atoms with Crippen molar-refractivity contribution < 1.29 is 14.7 Å². The molecule has 170 valence electrons. The van der Waals surface area contributed by atoms with Crippen molar-refractivity contribution in [2.24, 2.45) is 0 Å². The lowest BCUT2D eigenvalue weighted by Gasteiger charge is -2.38. The van der Waals surface area contributed by atoms with Gasteiger partial charge < -0.3 is 14.9 Å². The highest BCUT2D eigenvalue weighted by Crippen LogP contribution is 2.23. The van der Waals surface area contributed by atoms with Crippen LogP contribution in [0.25, 0.3) is 6.08 Å². The van der Waals surface area contributed by atoms with Crippen molar-refractivity contribution in [1.82, 2.24) is 14.7 Å².